The lowest BCUT2D eigenvalue weighted by Crippen LogP contribution is -2.26. The first-order chi connectivity index (χ1) is 12.7. The molecule has 5 heterocycles. The van der Waals surface area contributed by atoms with E-state index < -0.39 is 0 Å². The van der Waals surface area contributed by atoms with Gasteiger partial charge in [0.2, 0.25) is 0 Å². The van der Waals surface area contributed by atoms with E-state index >= 15 is 0 Å². The molecule has 0 atom stereocenters. The van der Waals surface area contributed by atoms with Gasteiger partial charge in [-0.25, -0.2) is 14.4 Å². The van der Waals surface area contributed by atoms with Crippen molar-refractivity contribution in [3.63, 3.8) is 0 Å². The first kappa shape index (κ1) is 15.8. The molecule has 26 heavy (non-hydrogen) atoms. The lowest BCUT2D eigenvalue weighted by molar-refractivity contribution is 0.459. The molecular weight excluding hydrogens is 349 g/mol. The average Bonchev–Trinajstić information content (AvgIpc) is 3.24. The summed E-state index contributed by atoms with van der Waals surface area (Å²) in [6.45, 7) is 3.96. The van der Waals surface area contributed by atoms with E-state index in [1.54, 1.807) is 21.9 Å². The van der Waals surface area contributed by atoms with Crippen LogP contribution in [0.2, 0.25) is 0 Å². The largest absolute Gasteiger partial charge is 0.317 e. The zero-order valence-electron chi connectivity index (χ0n) is 14.4. The van der Waals surface area contributed by atoms with Crippen LogP contribution in [0.15, 0.2) is 30.7 Å². The van der Waals surface area contributed by atoms with E-state index in [-0.39, 0.29) is 5.82 Å². The number of nitrogens with zero attached hydrogens (tertiary/aromatic N) is 4. The first-order valence-electron chi connectivity index (χ1n) is 8.80. The molecule has 1 N–H and O–H groups in total. The summed E-state index contributed by atoms with van der Waals surface area (Å²) in [6, 6.07) is 3.52. The van der Waals surface area contributed by atoms with Crippen LogP contribution in [0.5, 0.6) is 0 Å². The average molecular weight is 367 g/mol. The van der Waals surface area contributed by atoms with Crippen molar-refractivity contribution < 1.29 is 4.39 Å². The highest BCUT2D eigenvalue weighted by Gasteiger charge is 2.19. The molecule has 0 radical (unpaired) electrons. The molecule has 132 valence electrons. The second-order valence-electron chi connectivity index (χ2n) is 6.80. The van der Waals surface area contributed by atoms with Crippen LogP contribution in [-0.2, 0) is 0 Å². The van der Waals surface area contributed by atoms with Crippen molar-refractivity contribution in [2.45, 2.75) is 25.7 Å². The Morgan fingerprint density at radius 3 is 2.88 bits per heavy atom. The number of pyridine rings is 2. The molecule has 0 bridgehead atoms. The summed E-state index contributed by atoms with van der Waals surface area (Å²) in [6.07, 6.45) is 7.75. The van der Waals surface area contributed by atoms with E-state index in [4.69, 9.17) is 4.98 Å². The highest BCUT2D eigenvalue weighted by Crippen LogP contribution is 2.33. The van der Waals surface area contributed by atoms with E-state index in [0.717, 1.165) is 53.1 Å². The van der Waals surface area contributed by atoms with Crippen molar-refractivity contribution in [1.82, 2.24) is 24.7 Å². The van der Waals surface area contributed by atoms with Crippen LogP contribution >= 0.6 is 11.3 Å². The molecule has 0 amide bonds. The van der Waals surface area contributed by atoms with E-state index in [2.05, 4.69) is 15.3 Å². The van der Waals surface area contributed by atoms with Gasteiger partial charge in [-0.15, -0.1) is 11.3 Å². The zero-order chi connectivity index (χ0) is 17.7. The van der Waals surface area contributed by atoms with Gasteiger partial charge in [0.25, 0.3) is 0 Å². The van der Waals surface area contributed by atoms with Crippen molar-refractivity contribution in [1.29, 1.82) is 0 Å². The Morgan fingerprint density at radius 2 is 2.04 bits per heavy atom. The van der Waals surface area contributed by atoms with Gasteiger partial charge >= 0.3 is 0 Å². The Hall–Kier alpha value is -2.38. The fourth-order valence-electron chi connectivity index (χ4n) is 3.57. The fourth-order valence-corrected chi connectivity index (χ4v) is 4.72. The Balaban J connectivity index is 1.56. The minimum atomic E-state index is -0.336. The number of nitrogens with one attached hydrogen (secondary N) is 1. The molecule has 5 nitrogen and oxygen atoms in total. The molecule has 0 saturated carbocycles. The number of aromatic nitrogens is 4. The van der Waals surface area contributed by atoms with Crippen molar-refractivity contribution >= 4 is 27.2 Å². The third-order valence-corrected chi connectivity index (χ3v) is 6.08. The maximum Gasteiger partial charge on any atom is 0.173 e. The number of piperidine rings is 1. The normalized spacial score (nSPS) is 15.9. The fraction of sp³-hybridized carbons (Fsp3) is 0.316. The van der Waals surface area contributed by atoms with Gasteiger partial charge in [-0.3, -0.25) is 4.98 Å². The lowest BCUT2D eigenvalue weighted by Gasteiger charge is -2.20. The van der Waals surface area contributed by atoms with E-state index in [1.807, 2.05) is 25.4 Å². The molecule has 0 aromatic carbocycles. The van der Waals surface area contributed by atoms with Crippen molar-refractivity contribution in [2.75, 3.05) is 13.1 Å². The number of halogens is 1. The Bertz CT molecular complexity index is 1110. The van der Waals surface area contributed by atoms with E-state index in [9.17, 15) is 4.39 Å². The highest BCUT2D eigenvalue weighted by atomic mass is 32.1. The van der Waals surface area contributed by atoms with Crippen LogP contribution in [0, 0.1) is 12.7 Å². The summed E-state index contributed by atoms with van der Waals surface area (Å²) in [5, 5.41) is 4.58. The summed E-state index contributed by atoms with van der Waals surface area (Å²) in [7, 11) is 0. The first-order valence-corrected chi connectivity index (χ1v) is 9.61. The second kappa shape index (κ2) is 6.10. The molecule has 4 aromatic heterocycles. The second-order valence-corrected chi connectivity index (χ2v) is 7.87. The molecule has 0 spiro atoms. The smallest absolute Gasteiger partial charge is 0.173 e. The highest BCUT2D eigenvalue weighted by molar-refractivity contribution is 7.18. The quantitative estimate of drug-likeness (QED) is 0.583. The van der Waals surface area contributed by atoms with Crippen molar-refractivity contribution in [3.8, 4) is 11.3 Å². The van der Waals surface area contributed by atoms with Gasteiger partial charge in [0.15, 0.2) is 11.5 Å². The molecule has 4 aromatic rings. The summed E-state index contributed by atoms with van der Waals surface area (Å²) in [5.74, 6) is 0.192. The Labute approximate surface area is 153 Å². The Morgan fingerprint density at radius 1 is 1.19 bits per heavy atom. The number of imidazole rings is 1. The van der Waals surface area contributed by atoms with Gasteiger partial charge in [0, 0.05) is 23.9 Å². The predicted octanol–water partition coefficient (Wildman–Crippen LogP) is 3.92. The van der Waals surface area contributed by atoms with Crippen LogP contribution in [0.1, 0.15) is 29.5 Å². The van der Waals surface area contributed by atoms with Crippen LogP contribution < -0.4 is 5.32 Å². The molecule has 0 unspecified atom stereocenters. The van der Waals surface area contributed by atoms with Gasteiger partial charge in [-0.2, -0.15) is 0 Å². The maximum absolute atomic E-state index is 14.4. The van der Waals surface area contributed by atoms with Crippen LogP contribution in [0.3, 0.4) is 0 Å². The molecule has 7 heteroatoms. The SMILES string of the molecule is Cc1cn2cc(-c3cc4sc(C5CCNCC5)nc4cn3)cc(F)c2n1. The van der Waals surface area contributed by atoms with Gasteiger partial charge in [0.1, 0.15) is 0 Å². The van der Waals surface area contributed by atoms with Gasteiger partial charge in [-0.05, 0) is 45.0 Å². The zero-order valence-corrected chi connectivity index (χ0v) is 15.2. The van der Waals surface area contributed by atoms with Crippen molar-refractivity contribution in [2.24, 2.45) is 0 Å². The lowest BCUT2D eigenvalue weighted by atomic mass is 9.99. The summed E-state index contributed by atoms with van der Waals surface area (Å²) >= 11 is 1.73. The number of hydrogen-bond acceptors (Lipinski definition) is 5. The molecule has 1 aliphatic rings. The topological polar surface area (TPSA) is 55.1 Å². The molecule has 0 aliphatic carbocycles. The number of aryl methyl sites for hydroxylation is 1. The van der Waals surface area contributed by atoms with Crippen LogP contribution in [0.25, 0.3) is 27.1 Å². The molecule has 1 saturated heterocycles. The Kier molecular flexibility index (Phi) is 3.72. The summed E-state index contributed by atoms with van der Waals surface area (Å²) in [5.41, 5.74) is 3.56. The standard InChI is InChI=1S/C19H18FN5S/c1-11-9-25-10-13(6-14(20)18(25)23-11)15-7-17-16(8-22-15)24-19(26-17)12-2-4-21-5-3-12/h6-10,12,21H,2-5H2,1H3. The third kappa shape index (κ3) is 2.68. The summed E-state index contributed by atoms with van der Waals surface area (Å²) < 4.78 is 17.2. The number of fused-ring (bicyclic) bond motifs is 2. The molecule has 1 fully saturated rings. The minimum absolute atomic E-state index is 0.336. The van der Waals surface area contributed by atoms with Gasteiger partial charge < -0.3 is 9.72 Å². The van der Waals surface area contributed by atoms with Crippen molar-refractivity contribution in [3.05, 3.63) is 47.2 Å². The van der Waals surface area contributed by atoms with Gasteiger partial charge in [0.05, 0.1) is 32.8 Å². The monoisotopic (exact) mass is 367 g/mol. The van der Waals surface area contributed by atoms with Crippen LogP contribution in [0.4, 0.5) is 4.39 Å². The van der Waals surface area contributed by atoms with E-state index in [0.29, 0.717) is 11.6 Å². The molecular formula is C19H18FN5S. The van der Waals surface area contributed by atoms with Crippen LogP contribution in [-0.4, -0.2) is 32.4 Å². The summed E-state index contributed by atoms with van der Waals surface area (Å²) in [4.78, 5) is 13.5. The number of hydrogen-bond donors (Lipinski definition) is 1. The number of rotatable bonds is 2. The van der Waals surface area contributed by atoms with E-state index in [1.165, 1.54) is 11.1 Å². The molecule has 5 rings (SSSR count). The van der Waals surface area contributed by atoms with Gasteiger partial charge in [-0.1, -0.05) is 0 Å². The number of thiazole rings is 1. The maximum atomic E-state index is 14.4. The third-order valence-electron chi connectivity index (χ3n) is 4.90. The molecule has 1 aliphatic heterocycles. The minimum Gasteiger partial charge on any atom is -0.317 e. The predicted molar refractivity (Wildman–Crippen MR) is 101 cm³/mol.